The molecule has 1 aromatic rings. The third-order valence-corrected chi connectivity index (χ3v) is 2.58. The van der Waals surface area contributed by atoms with Crippen LogP contribution in [0.4, 0.5) is 0 Å². The van der Waals surface area contributed by atoms with Crippen molar-refractivity contribution in [1.82, 2.24) is 0 Å². The second-order valence-electron chi connectivity index (χ2n) is 3.72. The average Bonchev–Trinajstić information content (AvgIpc) is 2.37. The monoisotopic (exact) mass is 254 g/mol. The van der Waals surface area contributed by atoms with Gasteiger partial charge in [0.25, 0.3) is 0 Å². The molecule has 0 saturated heterocycles. The Hall–Kier alpha value is -1.75. The number of ether oxygens (including phenoxy) is 3. The zero-order valence-corrected chi connectivity index (χ0v) is 11.0. The van der Waals surface area contributed by atoms with Crippen LogP contribution >= 0.6 is 0 Å². The third-order valence-electron chi connectivity index (χ3n) is 2.58. The number of carbonyl (C=O) groups excluding carboxylic acids is 1. The summed E-state index contributed by atoms with van der Waals surface area (Å²) in [6.45, 7) is 3.69. The summed E-state index contributed by atoms with van der Waals surface area (Å²) < 4.78 is 15.1. The molecule has 1 atom stereocenters. The molecule has 0 saturated carbocycles. The van der Waals surface area contributed by atoms with Gasteiger partial charge in [-0.05, 0) is 37.1 Å². The maximum atomic E-state index is 11.5. The van der Waals surface area contributed by atoms with E-state index in [-0.39, 0.29) is 6.61 Å². The Morgan fingerprint density at radius 1 is 1.28 bits per heavy atom. The molecule has 0 fully saturated rings. The Bertz CT molecular complexity index is 428. The molecular weight excluding hydrogens is 236 g/mol. The Balaban J connectivity index is 3.12. The minimum absolute atomic E-state index is 0.224. The molecule has 0 bridgehead atoms. The smallest absolute Gasteiger partial charge is 0.339 e. The van der Waals surface area contributed by atoms with Crippen LogP contribution in [0.15, 0.2) is 12.1 Å². The van der Waals surface area contributed by atoms with Crippen molar-refractivity contribution >= 4 is 5.97 Å². The minimum Gasteiger partial charge on any atom is -0.493 e. The molecule has 0 radical (unpaired) electrons. The number of hydrogen-bond acceptors (Lipinski definition) is 5. The predicted molar refractivity (Wildman–Crippen MR) is 65.9 cm³/mol. The van der Waals surface area contributed by atoms with E-state index in [1.807, 2.05) is 0 Å². The van der Waals surface area contributed by atoms with E-state index in [0.29, 0.717) is 17.1 Å². The highest BCUT2D eigenvalue weighted by Crippen LogP contribution is 2.33. The first-order valence-electron chi connectivity index (χ1n) is 5.62. The lowest BCUT2D eigenvalue weighted by Gasteiger charge is -2.16. The minimum atomic E-state index is -1.32. The van der Waals surface area contributed by atoms with Crippen LogP contribution in [0.3, 0.4) is 0 Å². The van der Waals surface area contributed by atoms with Gasteiger partial charge < -0.3 is 19.3 Å². The summed E-state index contributed by atoms with van der Waals surface area (Å²) in [5.41, 5.74) is 1.18. The predicted octanol–water partition coefficient (Wildman–Crippen LogP) is 1.61. The standard InChI is InChI=1S/C13H18O5/c1-5-18-13(15)12(14)9-7-11(17-4)10(16-3)6-8(9)2/h6-7,12,14H,5H2,1-4H3. The second-order valence-corrected chi connectivity index (χ2v) is 3.72. The summed E-state index contributed by atoms with van der Waals surface area (Å²) in [4.78, 5) is 11.5. The largest absolute Gasteiger partial charge is 0.493 e. The van der Waals surface area contributed by atoms with Crippen molar-refractivity contribution in [3.63, 3.8) is 0 Å². The Morgan fingerprint density at radius 3 is 2.33 bits per heavy atom. The van der Waals surface area contributed by atoms with E-state index < -0.39 is 12.1 Å². The van der Waals surface area contributed by atoms with Crippen molar-refractivity contribution in [3.05, 3.63) is 23.3 Å². The topological polar surface area (TPSA) is 65.0 Å². The quantitative estimate of drug-likeness (QED) is 0.809. The fraction of sp³-hybridized carbons (Fsp3) is 0.462. The van der Waals surface area contributed by atoms with Gasteiger partial charge in [0.15, 0.2) is 17.6 Å². The molecule has 0 heterocycles. The van der Waals surface area contributed by atoms with Gasteiger partial charge in [0.05, 0.1) is 20.8 Å². The van der Waals surface area contributed by atoms with Gasteiger partial charge in [-0.2, -0.15) is 0 Å². The maximum absolute atomic E-state index is 11.5. The third kappa shape index (κ3) is 2.92. The zero-order valence-electron chi connectivity index (χ0n) is 11.0. The number of rotatable bonds is 5. The van der Waals surface area contributed by atoms with Crippen LogP contribution in [0.2, 0.25) is 0 Å². The van der Waals surface area contributed by atoms with Gasteiger partial charge in [-0.3, -0.25) is 0 Å². The molecule has 1 aromatic carbocycles. The first-order chi connectivity index (χ1) is 8.54. The van der Waals surface area contributed by atoms with Crippen LogP contribution in [0.25, 0.3) is 0 Å². The second kappa shape index (κ2) is 6.26. The van der Waals surface area contributed by atoms with E-state index in [4.69, 9.17) is 14.2 Å². The molecule has 0 aromatic heterocycles. The number of aliphatic hydroxyl groups is 1. The lowest BCUT2D eigenvalue weighted by molar-refractivity contribution is -0.153. The molecule has 18 heavy (non-hydrogen) atoms. The number of methoxy groups -OCH3 is 2. The van der Waals surface area contributed by atoms with Gasteiger partial charge in [0.1, 0.15) is 0 Å². The first kappa shape index (κ1) is 14.3. The molecule has 1 rings (SSSR count). The van der Waals surface area contributed by atoms with Crippen molar-refractivity contribution in [3.8, 4) is 11.5 Å². The van der Waals surface area contributed by atoms with Crippen LogP contribution in [-0.4, -0.2) is 31.9 Å². The summed E-state index contributed by atoms with van der Waals surface area (Å²) >= 11 is 0. The van der Waals surface area contributed by atoms with Gasteiger partial charge in [-0.25, -0.2) is 4.79 Å². The van der Waals surface area contributed by atoms with Crippen molar-refractivity contribution in [2.75, 3.05) is 20.8 Å². The molecule has 0 amide bonds. The summed E-state index contributed by atoms with van der Waals surface area (Å²) in [6, 6.07) is 3.28. The SMILES string of the molecule is CCOC(=O)C(O)c1cc(OC)c(OC)cc1C. The number of carbonyl (C=O) groups is 1. The van der Waals surface area contributed by atoms with Crippen LogP contribution < -0.4 is 9.47 Å². The normalized spacial score (nSPS) is 11.8. The molecular formula is C13H18O5. The molecule has 0 aliphatic rings. The number of benzene rings is 1. The zero-order chi connectivity index (χ0) is 13.7. The highest BCUT2D eigenvalue weighted by molar-refractivity contribution is 5.77. The van der Waals surface area contributed by atoms with Crippen molar-refractivity contribution in [2.24, 2.45) is 0 Å². The van der Waals surface area contributed by atoms with E-state index in [9.17, 15) is 9.90 Å². The van der Waals surface area contributed by atoms with Crippen molar-refractivity contribution < 1.29 is 24.1 Å². The summed E-state index contributed by atoms with van der Waals surface area (Å²) in [5.74, 6) is 0.337. The molecule has 0 spiro atoms. The van der Waals surface area contributed by atoms with Gasteiger partial charge in [0.2, 0.25) is 0 Å². The maximum Gasteiger partial charge on any atom is 0.339 e. The number of aryl methyl sites for hydroxylation is 1. The van der Waals surface area contributed by atoms with Crippen LogP contribution in [-0.2, 0) is 9.53 Å². The van der Waals surface area contributed by atoms with E-state index in [1.165, 1.54) is 14.2 Å². The fourth-order valence-electron chi connectivity index (χ4n) is 1.64. The molecule has 100 valence electrons. The highest BCUT2D eigenvalue weighted by atomic mass is 16.5. The summed E-state index contributed by atoms with van der Waals surface area (Å²) in [7, 11) is 3.02. The molecule has 5 heteroatoms. The van der Waals surface area contributed by atoms with E-state index in [1.54, 1.807) is 26.0 Å². The van der Waals surface area contributed by atoms with Crippen molar-refractivity contribution in [1.29, 1.82) is 0 Å². The van der Waals surface area contributed by atoms with Gasteiger partial charge in [0, 0.05) is 0 Å². The molecule has 0 aliphatic carbocycles. The lowest BCUT2D eigenvalue weighted by Crippen LogP contribution is -2.16. The lowest BCUT2D eigenvalue weighted by atomic mass is 10.0. The number of esters is 1. The van der Waals surface area contributed by atoms with Gasteiger partial charge in [-0.15, -0.1) is 0 Å². The molecule has 1 unspecified atom stereocenters. The molecule has 0 aliphatic heterocycles. The van der Waals surface area contributed by atoms with E-state index >= 15 is 0 Å². The van der Waals surface area contributed by atoms with Crippen LogP contribution in [0, 0.1) is 6.92 Å². The van der Waals surface area contributed by atoms with Gasteiger partial charge >= 0.3 is 5.97 Å². The first-order valence-corrected chi connectivity index (χ1v) is 5.62. The molecule has 1 N–H and O–H groups in total. The van der Waals surface area contributed by atoms with E-state index in [2.05, 4.69) is 0 Å². The fourth-order valence-corrected chi connectivity index (χ4v) is 1.64. The average molecular weight is 254 g/mol. The van der Waals surface area contributed by atoms with E-state index in [0.717, 1.165) is 5.56 Å². The Labute approximate surface area is 106 Å². The number of hydrogen-bond donors (Lipinski definition) is 1. The highest BCUT2D eigenvalue weighted by Gasteiger charge is 2.22. The van der Waals surface area contributed by atoms with Crippen molar-refractivity contribution in [2.45, 2.75) is 20.0 Å². The summed E-state index contributed by atoms with van der Waals surface area (Å²) in [5, 5.41) is 9.91. The Kier molecular flexibility index (Phi) is 4.97. The molecule has 5 nitrogen and oxygen atoms in total. The Morgan fingerprint density at radius 2 is 1.83 bits per heavy atom. The number of aliphatic hydroxyl groups excluding tert-OH is 1. The summed E-state index contributed by atoms with van der Waals surface area (Å²) in [6.07, 6.45) is -1.32. The van der Waals surface area contributed by atoms with Crippen LogP contribution in [0.1, 0.15) is 24.2 Å². The van der Waals surface area contributed by atoms with Crippen LogP contribution in [0.5, 0.6) is 11.5 Å². The van der Waals surface area contributed by atoms with Gasteiger partial charge in [-0.1, -0.05) is 0 Å².